The molecule has 3 rings (SSSR count). The van der Waals surface area contributed by atoms with Gasteiger partial charge in [0.1, 0.15) is 5.82 Å². The molecule has 1 heterocycles. The minimum atomic E-state index is -0.609. The summed E-state index contributed by atoms with van der Waals surface area (Å²) in [5.74, 6) is -0.773. The molecule has 0 radical (unpaired) electrons. The van der Waals surface area contributed by atoms with Gasteiger partial charge in [0.05, 0.1) is 18.2 Å². The van der Waals surface area contributed by atoms with Crippen LogP contribution >= 0.6 is 0 Å². The van der Waals surface area contributed by atoms with E-state index >= 15 is 0 Å². The molecule has 6 nitrogen and oxygen atoms in total. The molecule has 1 unspecified atom stereocenters. The van der Waals surface area contributed by atoms with Crippen molar-refractivity contribution < 1.29 is 18.7 Å². The number of nitrogens with one attached hydrogen (secondary N) is 2. The summed E-state index contributed by atoms with van der Waals surface area (Å²) in [5.41, 5.74) is 2.47. The average molecular weight is 411 g/mol. The molecular weight excluding hydrogens is 385 g/mol. The number of halogens is 1. The summed E-state index contributed by atoms with van der Waals surface area (Å²) >= 11 is 0. The standard InChI is InChI=1S/C23H26FN3O3/c1-3-27(14-16-9-8-12-18(24)13-16)15-19-20(22(28)30-4-2)21(26-23(29)25-19)17-10-6-5-7-11-17/h5-13,21H,3-4,14-15H2,1-2H3,(H2,25,26,29). The van der Waals surface area contributed by atoms with E-state index in [9.17, 15) is 14.0 Å². The van der Waals surface area contributed by atoms with Crippen molar-refractivity contribution in [1.82, 2.24) is 15.5 Å². The Labute approximate surface area is 175 Å². The van der Waals surface area contributed by atoms with Crippen LogP contribution in [0, 0.1) is 5.82 Å². The van der Waals surface area contributed by atoms with E-state index in [1.54, 1.807) is 13.0 Å². The number of carbonyl (C=O) groups is 2. The number of rotatable bonds is 8. The highest BCUT2D eigenvalue weighted by atomic mass is 19.1. The lowest BCUT2D eigenvalue weighted by Crippen LogP contribution is -2.48. The van der Waals surface area contributed by atoms with Gasteiger partial charge < -0.3 is 15.4 Å². The summed E-state index contributed by atoms with van der Waals surface area (Å²) in [6.45, 7) is 5.39. The van der Waals surface area contributed by atoms with Gasteiger partial charge in [0.25, 0.3) is 0 Å². The third-order valence-corrected chi connectivity index (χ3v) is 4.91. The van der Waals surface area contributed by atoms with Gasteiger partial charge >= 0.3 is 12.0 Å². The number of benzene rings is 2. The van der Waals surface area contributed by atoms with Crippen LogP contribution in [0.1, 0.15) is 31.0 Å². The van der Waals surface area contributed by atoms with Crippen molar-refractivity contribution in [1.29, 1.82) is 0 Å². The van der Waals surface area contributed by atoms with Gasteiger partial charge in [0.15, 0.2) is 0 Å². The van der Waals surface area contributed by atoms with Gasteiger partial charge in [0.2, 0.25) is 0 Å². The van der Waals surface area contributed by atoms with Crippen molar-refractivity contribution in [2.24, 2.45) is 0 Å². The number of esters is 1. The molecule has 0 bridgehead atoms. The van der Waals surface area contributed by atoms with Crippen molar-refractivity contribution in [2.75, 3.05) is 19.7 Å². The highest BCUT2D eigenvalue weighted by Crippen LogP contribution is 2.28. The van der Waals surface area contributed by atoms with Crippen LogP contribution in [0.15, 0.2) is 65.9 Å². The molecule has 30 heavy (non-hydrogen) atoms. The molecule has 0 fully saturated rings. The molecule has 0 saturated carbocycles. The first-order valence-corrected chi connectivity index (χ1v) is 10.0. The van der Waals surface area contributed by atoms with E-state index in [2.05, 4.69) is 10.6 Å². The van der Waals surface area contributed by atoms with E-state index in [-0.39, 0.29) is 18.5 Å². The number of urea groups is 1. The minimum absolute atomic E-state index is 0.228. The Hall–Kier alpha value is -3.19. The molecule has 2 aromatic carbocycles. The molecule has 0 aromatic heterocycles. The lowest BCUT2D eigenvalue weighted by molar-refractivity contribution is -0.139. The Morgan fingerprint density at radius 1 is 1.10 bits per heavy atom. The summed E-state index contributed by atoms with van der Waals surface area (Å²) in [6.07, 6.45) is 0. The van der Waals surface area contributed by atoms with Crippen molar-refractivity contribution in [3.63, 3.8) is 0 Å². The Kier molecular flexibility index (Phi) is 7.19. The number of likely N-dealkylation sites (N-methyl/N-ethyl adjacent to an activating group) is 1. The largest absolute Gasteiger partial charge is 0.463 e. The first-order valence-electron chi connectivity index (χ1n) is 10.0. The molecule has 0 saturated heterocycles. The molecule has 1 atom stereocenters. The van der Waals surface area contributed by atoms with Gasteiger partial charge in [-0.15, -0.1) is 0 Å². The van der Waals surface area contributed by atoms with Gasteiger partial charge in [-0.3, -0.25) is 4.90 Å². The topological polar surface area (TPSA) is 70.7 Å². The summed E-state index contributed by atoms with van der Waals surface area (Å²) < 4.78 is 18.9. The van der Waals surface area contributed by atoms with Gasteiger partial charge in [-0.2, -0.15) is 0 Å². The maximum absolute atomic E-state index is 13.6. The van der Waals surface area contributed by atoms with E-state index in [0.29, 0.717) is 30.9 Å². The molecule has 2 aromatic rings. The quantitative estimate of drug-likeness (QED) is 0.652. The van der Waals surface area contributed by atoms with E-state index < -0.39 is 12.0 Å². The molecule has 1 aliphatic rings. The number of ether oxygens (including phenoxy) is 1. The Balaban J connectivity index is 1.95. The van der Waals surface area contributed by atoms with Crippen molar-refractivity contribution in [3.8, 4) is 0 Å². The van der Waals surface area contributed by atoms with Crippen molar-refractivity contribution in [2.45, 2.75) is 26.4 Å². The van der Waals surface area contributed by atoms with Gasteiger partial charge in [-0.05, 0) is 36.7 Å². The zero-order valence-corrected chi connectivity index (χ0v) is 17.2. The summed E-state index contributed by atoms with van der Waals surface area (Å²) in [7, 11) is 0. The monoisotopic (exact) mass is 411 g/mol. The van der Waals surface area contributed by atoms with Gasteiger partial charge in [0, 0.05) is 18.8 Å². The number of nitrogens with zero attached hydrogens (tertiary/aromatic N) is 1. The Morgan fingerprint density at radius 3 is 2.53 bits per heavy atom. The molecule has 1 aliphatic heterocycles. The van der Waals surface area contributed by atoms with Crippen LogP contribution in [-0.4, -0.2) is 36.6 Å². The fraction of sp³-hybridized carbons (Fsp3) is 0.304. The number of amides is 2. The zero-order valence-electron chi connectivity index (χ0n) is 17.2. The second-order valence-corrected chi connectivity index (χ2v) is 6.99. The van der Waals surface area contributed by atoms with Crippen LogP contribution < -0.4 is 10.6 Å². The fourth-order valence-electron chi connectivity index (χ4n) is 3.48. The molecule has 0 aliphatic carbocycles. The van der Waals surface area contributed by atoms with E-state index in [4.69, 9.17) is 4.74 Å². The van der Waals surface area contributed by atoms with Crippen LogP contribution in [0.4, 0.5) is 9.18 Å². The Morgan fingerprint density at radius 2 is 1.87 bits per heavy atom. The van der Waals surface area contributed by atoms with Crippen LogP contribution in [0.5, 0.6) is 0 Å². The lowest BCUT2D eigenvalue weighted by Gasteiger charge is -2.32. The fourth-order valence-corrected chi connectivity index (χ4v) is 3.48. The summed E-state index contributed by atoms with van der Waals surface area (Å²) in [4.78, 5) is 27.2. The predicted molar refractivity (Wildman–Crippen MR) is 112 cm³/mol. The number of hydrogen-bond donors (Lipinski definition) is 2. The summed E-state index contributed by atoms with van der Waals surface area (Å²) in [5, 5.41) is 5.60. The highest BCUT2D eigenvalue weighted by molar-refractivity contribution is 5.95. The first-order chi connectivity index (χ1) is 14.5. The highest BCUT2D eigenvalue weighted by Gasteiger charge is 2.34. The first kappa shape index (κ1) is 21.5. The molecule has 2 amide bonds. The lowest BCUT2D eigenvalue weighted by atomic mass is 9.95. The molecule has 2 N–H and O–H groups in total. The zero-order chi connectivity index (χ0) is 21.5. The van der Waals surface area contributed by atoms with Crippen LogP contribution in [-0.2, 0) is 16.1 Å². The SMILES string of the molecule is CCOC(=O)C1=C(CN(CC)Cc2cccc(F)c2)NC(=O)NC1c1ccccc1. The van der Waals surface area contributed by atoms with E-state index in [1.807, 2.05) is 48.2 Å². The molecular formula is C23H26FN3O3. The van der Waals surface area contributed by atoms with Crippen molar-refractivity contribution in [3.05, 3.63) is 82.8 Å². The molecule has 7 heteroatoms. The second-order valence-electron chi connectivity index (χ2n) is 6.99. The third kappa shape index (κ3) is 5.24. The minimum Gasteiger partial charge on any atom is -0.463 e. The van der Waals surface area contributed by atoms with Gasteiger partial charge in [-0.1, -0.05) is 49.4 Å². The van der Waals surface area contributed by atoms with Crippen molar-refractivity contribution >= 4 is 12.0 Å². The van der Waals surface area contributed by atoms with Crippen LogP contribution in [0.25, 0.3) is 0 Å². The summed E-state index contributed by atoms with van der Waals surface area (Å²) in [6, 6.07) is 14.7. The molecule has 0 spiro atoms. The van der Waals surface area contributed by atoms with Crippen LogP contribution in [0.2, 0.25) is 0 Å². The average Bonchev–Trinajstić information content (AvgIpc) is 2.73. The smallest absolute Gasteiger partial charge is 0.338 e. The Bertz CT molecular complexity index is 930. The maximum Gasteiger partial charge on any atom is 0.338 e. The number of carbonyl (C=O) groups excluding carboxylic acids is 2. The normalized spacial score (nSPS) is 16.3. The third-order valence-electron chi connectivity index (χ3n) is 4.91. The van der Waals surface area contributed by atoms with Gasteiger partial charge in [-0.25, -0.2) is 14.0 Å². The predicted octanol–water partition coefficient (Wildman–Crippen LogP) is 3.52. The number of hydrogen-bond acceptors (Lipinski definition) is 4. The van der Waals surface area contributed by atoms with E-state index in [0.717, 1.165) is 11.1 Å². The molecule has 158 valence electrons. The van der Waals surface area contributed by atoms with E-state index in [1.165, 1.54) is 12.1 Å². The maximum atomic E-state index is 13.6. The second kappa shape index (κ2) is 10.0. The van der Waals surface area contributed by atoms with Crippen LogP contribution in [0.3, 0.4) is 0 Å².